The van der Waals surface area contributed by atoms with Crippen molar-refractivity contribution in [3.05, 3.63) is 34.9 Å². The first-order valence-electron chi connectivity index (χ1n) is 7.32. The molecule has 0 saturated heterocycles. The first kappa shape index (κ1) is 19.6. The molecule has 23 heavy (non-hydrogen) atoms. The lowest BCUT2D eigenvalue weighted by Gasteiger charge is -2.19. The van der Waals surface area contributed by atoms with Gasteiger partial charge in [0.05, 0.1) is 5.75 Å². The monoisotopic (exact) mass is 358 g/mol. The first-order chi connectivity index (χ1) is 10.8. The van der Waals surface area contributed by atoms with E-state index in [0.717, 1.165) is 5.56 Å². The molecule has 0 atom stereocenters. The molecule has 0 bridgehead atoms. The van der Waals surface area contributed by atoms with E-state index < -0.39 is 11.7 Å². The molecule has 0 radical (unpaired) electrons. The lowest BCUT2D eigenvalue weighted by molar-refractivity contribution is -0.118. The molecule has 0 spiro atoms. The average Bonchev–Trinajstić information content (AvgIpc) is 2.44. The van der Waals surface area contributed by atoms with Crippen molar-refractivity contribution in [3.8, 4) is 0 Å². The molecule has 1 aromatic carbocycles. The smallest absolute Gasteiger partial charge is 0.407 e. The minimum Gasteiger partial charge on any atom is -0.444 e. The lowest BCUT2D eigenvalue weighted by atomic mass is 10.2. The van der Waals surface area contributed by atoms with Crippen LogP contribution in [0, 0.1) is 0 Å². The highest BCUT2D eigenvalue weighted by Crippen LogP contribution is 2.14. The van der Waals surface area contributed by atoms with Crippen molar-refractivity contribution in [2.45, 2.75) is 32.9 Å². The molecule has 0 aliphatic carbocycles. The second-order valence-electron chi connectivity index (χ2n) is 5.85. The van der Waals surface area contributed by atoms with Gasteiger partial charge in [-0.3, -0.25) is 4.79 Å². The Hall–Kier alpha value is -1.40. The Balaban J connectivity index is 2.11. The van der Waals surface area contributed by atoms with E-state index >= 15 is 0 Å². The number of carbonyl (C=O) groups is 2. The number of amides is 2. The number of alkyl carbamates (subject to hydrolysis) is 1. The van der Waals surface area contributed by atoms with Crippen molar-refractivity contribution in [2.24, 2.45) is 0 Å². The van der Waals surface area contributed by atoms with Crippen LogP contribution in [0.25, 0.3) is 0 Å². The van der Waals surface area contributed by atoms with Gasteiger partial charge in [-0.15, -0.1) is 0 Å². The molecule has 0 aromatic heterocycles. The standard InChI is InChI=1S/C16H23ClN2O3S/c1-16(2,3)22-15(21)18-8-9-23-11-14(20)19-10-12-6-4-5-7-13(12)17/h4-7H,8-11H2,1-3H3,(H,18,21)(H,19,20). The van der Waals surface area contributed by atoms with Crippen molar-refractivity contribution in [3.63, 3.8) is 0 Å². The molecule has 0 saturated carbocycles. The molecular formula is C16H23ClN2O3S. The molecular weight excluding hydrogens is 336 g/mol. The minimum atomic E-state index is -0.504. The third kappa shape index (κ3) is 9.36. The minimum absolute atomic E-state index is 0.0628. The van der Waals surface area contributed by atoms with Gasteiger partial charge in [0.15, 0.2) is 0 Å². The number of halogens is 1. The first-order valence-corrected chi connectivity index (χ1v) is 8.86. The highest BCUT2D eigenvalue weighted by molar-refractivity contribution is 7.99. The summed E-state index contributed by atoms with van der Waals surface area (Å²) in [6.07, 6.45) is -0.443. The highest BCUT2D eigenvalue weighted by atomic mass is 35.5. The van der Waals surface area contributed by atoms with Crippen LogP contribution in [0.3, 0.4) is 0 Å². The van der Waals surface area contributed by atoms with Crippen molar-refractivity contribution in [2.75, 3.05) is 18.1 Å². The number of thioether (sulfide) groups is 1. The predicted molar refractivity (Wildman–Crippen MR) is 94.9 cm³/mol. The van der Waals surface area contributed by atoms with Crippen molar-refractivity contribution >= 4 is 35.4 Å². The zero-order valence-electron chi connectivity index (χ0n) is 13.6. The van der Waals surface area contributed by atoms with E-state index in [1.54, 1.807) is 6.07 Å². The predicted octanol–water partition coefficient (Wildman–Crippen LogP) is 3.21. The number of hydrogen-bond acceptors (Lipinski definition) is 4. The molecule has 0 heterocycles. The topological polar surface area (TPSA) is 67.4 Å². The summed E-state index contributed by atoms with van der Waals surface area (Å²) in [5, 5.41) is 6.10. The number of benzene rings is 1. The third-order valence-corrected chi connectivity index (χ3v) is 3.91. The van der Waals surface area contributed by atoms with Gasteiger partial charge in [0.2, 0.25) is 5.91 Å². The molecule has 1 aromatic rings. The van der Waals surface area contributed by atoms with E-state index in [4.69, 9.17) is 16.3 Å². The van der Waals surface area contributed by atoms with Crippen LogP contribution in [0.15, 0.2) is 24.3 Å². The summed E-state index contributed by atoms with van der Waals surface area (Å²) in [6, 6.07) is 7.40. The van der Waals surface area contributed by atoms with Gasteiger partial charge in [-0.1, -0.05) is 29.8 Å². The van der Waals surface area contributed by atoms with E-state index in [-0.39, 0.29) is 5.91 Å². The van der Waals surface area contributed by atoms with Gasteiger partial charge in [0.1, 0.15) is 5.60 Å². The summed E-state index contributed by atoms with van der Waals surface area (Å²) in [6.45, 7) is 6.30. The van der Waals surface area contributed by atoms with Gasteiger partial charge in [-0.25, -0.2) is 4.79 Å². The zero-order valence-corrected chi connectivity index (χ0v) is 15.2. The van der Waals surface area contributed by atoms with E-state index in [2.05, 4.69) is 10.6 Å². The average molecular weight is 359 g/mol. The van der Waals surface area contributed by atoms with Gasteiger partial charge in [0.25, 0.3) is 0 Å². The van der Waals surface area contributed by atoms with Crippen LogP contribution in [0.1, 0.15) is 26.3 Å². The van der Waals surface area contributed by atoms with Crippen LogP contribution in [0.2, 0.25) is 5.02 Å². The van der Waals surface area contributed by atoms with E-state index in [1.807, 2.05) is 39.0 Å². The summed E-state index contributed by atoms with van der Waals surface area (Å²) < 4.78 is 5.11. The van der Waals surface area contributed by atoms with Crippen LogP contribution < -0.4 is 10.6 Å². The van der Waals surface area contributed by atoms with Crippen LogP contribution in [-0.2, 0) is 16.1 Å². The molecule has 128 valence electrons. The third-order valence-electron chi connectivity index (χ3n) is 2.58. The second kappa shape index (κ2) is 9.67. The molecule has 0 aliphatic heterocycles. The molecule has 7 heteroatoms. The maximum absolute atomic E-state index is 11.7. The van der Waals surface area contributed by atoms with Crippen molar-refractivity contribution in [1.82, 2.24) is 10.6 Å². The fourth-order valence-corrected chi connectivity index (χ4v) is 2.47. The largest absolute Gasteiger partial charge is 0.444 e. The molecule has 0 fully saturated rings. The van der Waals surface area contributed by atoms with Crippen LogP contribution in [-0.4, -0.2) is 35.7 Å². The maximum Gasteiger partial charge on any atom is 0.407 e. The molecule has 5 nitrogen and oxygen atoms in total. The van der Waals surface area contributed by atoms with Crippen molar-refractivity contribution in [1.29, 1.82) is 0 Å². The Bertz CT molecular complexity index is 532. The van der Waals surface area contributed by atoms with Crippen molar-refractivity contribution < 1.29 is 14.3 Å². The van der Waals surface area contributed by atoms with E-state index in [9.17, 15) is 9.59 Å². The molecule has 0 aliphatic rings. The number of nitrogens with one attached hydrogen (secondary N) is 2. The Labute approximate surface area is 146 Å². The van der Waals surface area contributed by atoms with Crippen LogP contribution >= 0.6 is 23.4 Å². The Morgan fingerprint density at radius 2 is 1.91 bits per heavy atom. The fourth-order valence-electron chi connectivity index (χ4n) is 1.59. The summed E-state index contributed by atoms with van der Waals surface area (Å²) >= 11 is 7.47. The molecule has 0 unspecified atom stereocenters. The van der Waals surface area contributed by atoms with Gasteiger partial charge in [0, 0.05) is 23.9 Å². The number of rotatable bonds is 7. The van der Waals surface area contributed by atoms with Gasteiger partial charge < -0.3 is 15.4 Å². The summed E-state index contributed by atoms with van der Waals surface area (Å²) in [5.74, 6) is 0.909. The number of carbonyl (C=O) groups excluding carboxylic acids is 2. The zero-order chi connectivity index (χ0) is 17.3. The van der Waals surface area contributed by atoms with Crippen LogP contribution in [0.4, 0.5) is 4.79 Å². The number of hydrogen-bond donors (Lipinski definition) is 2. The van der Waals surface area contributed by atoms with E-state index in [1.165, 1.54) is 11.8 Å². The summed E-state index contributed by atoms with van der Waals surface area (Å²) in [5.41, 5.74) is 0.384. The fraction of sp³-hybridized carbons (Fsp3) is 0.500. The van der Waals surface area contributed by atoms with Gasteiger partial charge in [-0.05, 0) is 32.4 Å². The Morgan fingerprint density at radius 3 is 2.57 bits per heavy atom. The highest BCUT2D eigenvalue weighted by Gasteiger charge is 2.15. The Morgan fingerprint density at radius 1 is 1.22 bits per heavy atom. The quantitative estimate of drug-likeness (QED) is 0.734. The molecule has 1 rings (SSSR count). The van der Waals surface area contributed by atoms with Crippen LogP contribution in [0.5, 0.6) is 0 Å². The number of ether oxygens (including phenoxy) is 1. The van der Waals surface area contributed by atoms with Gasteiger partial charge >= 0.3 is 6.09 Å². The summed E-state index contributed by atoms with van der Waals surface area (Å²) in [7, 11) is 0. The maximum atomic E-state index is 11.7. The summed E-state index contributed by atoms with van der Waals surface area (Å²) in [4.78, 5) is 23.1. The molecule has 2 N–H and O–H groups in total. The normalized spacial score (nSPS) is 11.0. The molecule has 2 amide bonds. The van der Waals surface area contributed by atoms with E-state index in [0.29, 0.717) is 29.6 Å². The van der Waals surface area contributed by atoms with Gasteiger partial charge in [-0.2, -0.15) is 11.8 Å². The lowest BCUT2D eigenvalue weighted by Crippen LogP contribution is -2.33. The SMILES string of the molecule is CC(C)(C)OC(=O)NCCSCC(=O)NCc1ccccc1Cl. The Kier molecular flexibility index (Phi) is 8.26. The second-order valence-corrected chi connectivity index (χ2v) is 7.36.